The number of amides is 1. The number of halogens is 1. The van der Waals surface area contributed by atoms with Crippen molar-refractivity contribution in [2.24, 2.45) is 0 Å². The van der Waals surface area contributed by atoms with E-state index in [0.29, 0.717) is 6.42 Å². The number of nitro groups is 1. The van der Waals surface area contributed by atoms with Crippen LogP contribution < -0.4 is 5.32 Å². The van der Waals surface area contributed by atoms with Crippen LogP contribution in [0.5, 0.6) is 0 Å². The molecular weight excluding hydrogens is 283 g/mol. The van der Waals surface area contributed by atoms with Crippen LogP contribution in [0.4, 0.5) is 10.1 Å². The minimum Gasteiger partial charge on any atom is -0.480 e. The molecule has 1 unspecified atom stereocenters. The number of rotatable bonds is 6. The Kier molecular flexibility index (Phi) is 4.96. The third kappa shape index (κ3) is 3.74. The maximum atomic E-state index is 13.2. The highest BCUT2D eigenvalue weighted by molar-refractivity contribution is 5.98. The van der Waals surface area contributed by atoms with Gasteiger partial charge in [-0.15, -0.1) is 0 Å². The molecule has 0 radical (unpaired) electrons. The highest BCUT2D eigenvalue weighted by Crippen LogP contribution is 2.20. The van der Waals surface area contributed by atoms with Crippen LogP contribution in [0.2, 0.25) is 0 Å². The van der Waals surface area contributed by atoms with Crippen LogP contribution in [0.1, 0.15) is 37.0 Å². The Morgan fingerprint density at radius 1 is 1.48 bits per heavy atom. The number of aliphatic carboxylic acids is 1. The van der Waals surface area contributed by atoms with E-state index < -0.39 is 33.8 Å². The Balaban J connectivity index is 3.06. The number of hydrogen-bond donors (Lipinski definition) is 2. The number of carbonyl (C=O) groups excluding carboxylic acids is 1. The lowest BCUT2D eigenvalue weighted by atomic mass is 9.95. The van der Waals surface area contributed by atoms with E-state index in [4.69, 9.17) is 5.11 Å². The number of hydrogen-bond acceptors (Lipinski definition) is 4. The third-order valence-electron chi connectivity index (χ3n) is 3.02. The van der Waals surface area contributed by atoms with Gasteiger partial charge in [-0.2, -0.15) is 4.39 Å². The average Bonchev–Trinajstić information content (AvgIpc) is 2.38. The van der Waals surface area contributed by atoms with Crippen LogP contribution >= 0.6 is 0 Å². The predicted octanol–water partition coefficient (Wildman–Crippen LogP) is 2.11. The van der Waals surface area contributed by atoms with Gasteiger partial charge in [0, 0.05) is 11.6 Å². The fourth-order valence-corrected chi connectivity index (χ4v) is 1.84. The summed E-state index contributed by atoms with van der Waals surface area (Å²) in [4.78, 5) is 32.9. The molecule has 0 aliphatic rings. The van der Waals surface area contributed by atoms with Crippen LogP contribution in [0.3, 0.4) is 0 Å². The maximum Gasteiger partial charge on any atom is 0.329 e. The highest BCUT2D eigenvalue weighted by Gasteiger charge is 2.34. The molecule has 1 atom stereocenters. The molecule has 8 heteroatoms. The molecule has 2 N–H and O–H groups in total. The zero-order chi connectivity index (χ0) is 16.2. The Labute approximate surface area is 119 Å². The van der Waals surface area contributed by atoms with Crippen molar-refractivity contribution in [2.45, 2.75) is 32.2 Å². The Morgan fingerprint density at radius 3 is 2.57 bits per heavy atom. The van der Waals surface area contributed by atoms with Crippen LogP contribution in [-0.4, -0.2) is 27.4 Å². The van der Waals surface area contributed by atoms with Gasteiger partial charge in [0.1, 0.15) is 5.54 Å². The van der Waals surface area contributed by atoms with Crippen molar-refractivity contribution in [2.75, 3.05) is 0 Å². The van der Waals surface area contributed by atoms with Gasteiger partial charge >= 0.3 is 11.7 Å². The standard InChI is InChI=1S/C13H15FN2O5/c1-3-6-13(2,12(18)19)15-11(17)8-4-5-9(14)10(7-8)16(20)21/h4-5,7H,3,6H2,1-2H3,(H,15,17)(H,18,19). The molecule has 1 rings (SSSR count). The summed E-state index contributed by atoms with van der Waals surface area (Å²) in [6.45, 7) is 3.10. The second-order valence-electron chi connectivity index (χ2n) is 4.76. The first-order valence-corrected chi connectivity index (χ1v) is 6.21. The lowest BCUT2D eigenvalue weighted by Crippen LogP contribution is -2.52. The summed E-state index contributed by atoms with van der Waals surface area (Å²) in [6, 6.07) is 2.63. The largest absolute Gasteiger partial charge is 0.480 e. The summed E-state index contributed by atoms with van der Waals surface area (Å²) in [5.74, 6) is -3.09. The number of nitrogens with zero attached hydrogens (tertiary/aromatic N) is 1. The predicted molar refractivity (Wildman–Crippen MR) is 71.5 cm³/mol. The molecule has 1 aromatic carbocycles. The third-order valence-corrected chi connectivity index (χ3v) is 3.02. The second-order valence-corrected chi connectivity index (χ2v) is 4.76. The van der Waals surface area contributed by atoms with Crippen LogP contribution in [0, 0.1) is 15.9 Å². The molecule has 7 nitrogen and oxygen atoms in total. The molecule has 1 aromatic rings. The average molecular weight is 298 g/mol. The van der Waals surface area contributed by atoms with Crippen molar-refractivity contribution in [3.8, 4) is 0 Å². The van der Waals surface area contributed by atoms with Crippen molar-refractivity contribution in [1.29, 1.82) is 0 Å². The summed E-state index contributed by atoms with van der Waals surface area (Å²) in [5, 5.41) is 22.1. The SMILES string of the molecule is CCCC(C)(NC(=O)c1ccc(F)c([N+](=O)[O-])c1)C(=O)O. The smallest absolute Gasteiger partial charge is 0.329 e. The number of carbonyl (C=O) groups is 2. The molecular formula is C13H15FN2O5. The topological polar surface area (TPSA) is 110 Å². The van der Waals surface area contributed by atoms with E-state index in [1.807, 2.05) is 0 Å². The maximum absolute atomic E-state index is 13.2. The van der Waals surface area contributed by atoms with Crippen molar-refractivity contribution in [1.82, 2.24) is 5.32 Å². The monoisotopic (exact) mass is 298 g/mol. The second kappa shape index (κ2) is 6.29. The Hall–Kier alpha value is -2.51. The first kappa shape index (κ1) is 16.5. The number of benzene rings is 1. The van der Waals surface area contributed by atoms with Crippen molar-refractivity contribution >= 4 is 17.6 Å². The van der Waals surface area contributed by atoms with Crippen molar-refractivity contribution < 1.29 is 24.0 Å². The van der Waals surface area contributed by atoms with E-state index in [1.54, 1.807) is 6.92 Å². The first-order chi connectivity index (χ1) is 9.71. The minimum absolute atomic E-state index is 0.174. The summed E-state index contributed by atoms with van der Waals surface area (Å²) < 4.78 is 13.2. The zero-order valence-corrected chi connectivity index (χ0v) is 11.6. The molecule has 0 aromatic heterocycles. The molecule has 0 heterocycles. The Bertz CT molecular complexity index is 590. The van der Waals surface area contributed by atoms with Crippen molar-refractivity contribution in [3.05, 3.63) is 39.7 Å². The van der Waals surface area contributed by atoms with Gasteiger partial charge in [0.25, 0.3) is 5.91 Å². The van der Waals surface area contributed by atoms with E-state index in [9.17, 15) is 24.1 Å². The van der Waals surface area contributed by atoms with E-state index in [1.165, 1.54) is 6.92 Å². The number of carboxylic acid groups (broad SMARTS) is 1. The molecule has 0 aliphatic heterocycles. The summed E-state index contributed by atoms with van der Waals surface area (Å²) in [5.41, 5.74) is -2.50. The summed E-state index contributed by atoms with van der Waals surface area (Å²) >= 11 is 0. The molecule has 0 saturated heterocycles. The molecule has 21 heavy (non-hydrogen) atoms. The van der Waals surface area contributed by atoms with Crippen LogP contribution in [-0.2, 0) is 4.79 Å². The van der Waals surface area contributed by atoms with Crippen LogP contribution in [0.25, 0.3) is 0 Å². The van der Waals surface area contributed by atoms with Gasteiger partial charge in [-0.3, -0.25) is 14.9 Å². The van der Waals surface area contributed by atoms with Crippen molar-refractivity contribution in [3.63, 3.8) is 0 Å². The number of carboxylic acids is 1. The summed E-state index contributed by atoms with van der Waals surface area (Å²) in [7, 11) is 0. The van der Waals surface area contributed by atoms with Crippen LogP contribution in [0.15, 0.2) is 18.2 Å². The normalized spacial score (nSPS) is 13.3. The fourth-order valence-electron chi connectivity index (χ4n) is 1.84. The van der Waals surface area contributed by atoms with Gasteiger partial charge in [-0.25, -0.2) is 4.79 Å². The number of nitro benzene ring substituents is 1. The molecule has 0 fully saturated rings. The molecule has 1 amide bonds. The molecule has 0 spiro atoms. The van der Waals surface area contributed by atoms with Gasteiger partial charge in [-0.1, -0.05) is 13.3 Å². The van der Waals surface area contributed by atoms with Gasteiger partial charge in [0.15, 0.2) is 0 Å². The zero-order valence-electron chi connectivity index (χ0n) is 11.6. The van der Waals surface area contributed by atoms with Gasteiger partial charge in [-0.05, 0) is 25.5 Å². The lowest BCUT2D eigenvalue weighted by molar-refractivity contribution is -0.387. The fraction of sp³-hybridized carbons (Fsp3) is 0.385. The van der Waals surface area contributed by atoms with E-state index >= 15 is 0 Å². The molecule has 0 aliphatic carbocycles. The van der Waals surface area contributed by atoms with E-state index in [2.05, 4.69) is 5.32 Å². The minimum atomic E-state index is -1.49. The Morgan fingerprint density at radius 2 is 2.10 bits per heavy atom. The molecule has 0 saturated carbocycles. The quantitative estimate of drug-likeness (QED) is 0.617. The summed E-state index contributed by atoms with van der Waals surface area (Å²) in [6.07, 6.45) is 0.712. The van der Waals surface area contributed by atoms with Gasteiger partial charge in [0.2, 0.25) is 5.82 Å². The molecule has 114 valence electrons. The number of nitrogens with one attached hydrogen (secondary N) is 1. The van der Waals surface area contributed by atoms with E-state index in [-0.39, 0.29) is 12.0 Å². The van der Waals surface area contributed by atoms with E-state index in [0.717, 1.165) is 18.2 Å². The highest BCUT2D eigenvalue weighted by atomic mass is 19.1. The van der Waals surface area contributed by atoms with Gasteiger partial charge < -0.3 is 10.4 Å². The first-order valence-electron chi connectivity index (χ1n) is 6.21. The lowest BCUT2D eigenvalue weighted by Gasteiger charge is -2.25. The van der Waals surface area contributed by atoms with Gasteiger partial charge in [0.05, 0.1) is 4.92 Å². The molecule has 0 bridgehead atoms.